The Balaban J connectivity index is 1.94. The lowest BCUT2D eigenvalue weighted by atomic mass is 9.60. The molecule has 3 unspecified atom stereocenters. The lowest BCUT2D eigenvalue weighted by Crippen LogP contribution is -2.53. The maximum atomic E-state index is 13.7. The highest BCUT2D eigenvalue weighted by molar-refractivity contribution is 6.22. The van der Waals surface area contributed by atoms with Crippen LogP contribution >= 0.6 is 0 Å². The molecule has 1 amide bonds. The molecule has 182 valence electrons. The summed E-state index contributed by atoms with van der Waals surface area (Å²) in [5.74, 6) is -5.74. The molecule has 10 heteroatoms. The number of hydrogen-bond acceptors (Lipinski definition) is 9. The molecule has 1 aromatic rings. The summed E-state index contributed by atoms with van der Waals surface area (Å²) in [4.78, 5) is 42.4. The van der Waals surface area contributed by atoms with E-state index in [1.807, 2.05) is 19.0 Å². The minimum atomic E-state index is -1.20. The van der Waals surface area contributed by atoms with Crippen LogP contribution in [0.2, 0.25) is 0 Å². The molecular formula is C24H30N4O6. The molecule has 0 heterocycles. The number of ketones is 2. The van der Waals surface area contributed by atoms with Gasteiger partial charge in [0.1, 0.15) is 22.8 Å². The number of anilines is 1. The van der Waals surface area contributed by atoms with E-state index in [1.165, 1.54) is 0 Å². The zero-order valence-corrected chi connectivity index (χ0v) is 19.6. The number of Topliss-reactive ketones (excluding diaryl/α,β-unsaturated/α-hetero) is 2. The van der Waals surface area contributed by atoms with Gasteiger partial charge in [-0.2, -0.15) is 0 Å². The molecule has 0 saturated heterocycles. The van der Waals surface area contributed by atoms with Crippen molar-refractivity contribution in [2.24, 2.45) is 29.2 Å². The van der Waals surface area contributed by atoms with E-state index in [4.69, 9.17) is 11.5 Å². The molecule has 0 saturated carbocycles. The van der Waals surface area contributed by atoms with Gasteiger partial charge in [-0.3, -0.25) is 19.3 Å². The number of phenols is 1. The molecule has 10 nitrogen and oxygen atoms in total. The number of fused-ring (bicyclic) bond motifs is 3. The van der Waals surface area contributed by atoms with Gasteiger partial charge in [-0.25, -0.2) is 0 Å². The van der Waals surface area contributed by atoms with Crippen molar-refractivity contribution in [3.63, 3.8) is 0 Å². The third-order valence-electron chi connectivity index (χ3n) is 7.32. The van der Waals surface area contributed by atoms with Crippen LogP contribution in [0.1, 0.15) is 27.9 Å². The SMILES string of the molecule is CN(C)c1cc(CN)c(O)c2c1CC1CC3C(C(=O)C(C(N)=O)=C(O)[C@H]3N(C)C)C(O)=C1C2=O. The summed E-state index contributed by atoms with van der Waals surface area (Å²) in [7, 11) is 7.04. The summed E-state index contributed by atoms with van der Waals surface area (Å²) in [5.41, 5.74) is 12.5. The van der Waals surface area contributed by atoms with Gasteiger partial charge >= 0.3 is 0 Å². The van der Waals surface area contributed by atoms with E-state index >= 15 is 0 Å². The van der Waals surface area contributed by atoms with E-state index in [-0.39, 0.29) is 23.4 Å². The maximum Gasteiger partial charge on any atom is 0.255 e. The summed E-state index contributed by atoms with van der Waals surface area (Å²) >= 11 is 0. The summed E-state index contributed by atoms with van der Waals surface area (Å²) in [6, 6.07) is 1.01. The standard InChI is InChI=1S/C24H30N4O6/c1-27(2)13-7-10(8-25)19(29)15-11(13)5-9-6-12-16(21(31)14(9)20(15)30)22(32)17(24(26)34)23(33)18(12)28(3)4/h7,9,12,16,18,29,31,33H,5-6,8,25H2,1-4H3,(H2,26,34)/t9?,12?,16?,18-/m0/s1. The van der Waals surface area contributed by atoms with Gasteiger partial charge in [-0.1, -0.05) is 0 Å². The van der Waals surface area contributed by atoms with Crippen LogP contribution in [0.5, 0.6) is 5.75 Å². The molecule has 3 aliphatic rings. The number of likely N-dealkylation sites (N-methyl/N-ethyl adjacent to an activating group) is 1. The Labute approximate surface area is 197 Å². The molecule has 3 aliphatic carbocycles. The summed E-state index contributed by atoms with van der Waals surface area (Å²) in [6.07, 6.45) is 0.656. The molecule has 0 bridgehead atoms. The zero-order valence-electron chi connectivity index (χ0n) is 19.6. The number of carbonyl (C=O) groups excluding carboxylic acids is 3. The van der Waals surface area contributed by atoms with Crippen molar-refractivity contribution in [2.45, 2.75) is 25.4 Å². The number of amides is 1. The van der Waals surface area contributed by atoms with Crippen molar-refractivity contribution in [1.82, 2.24) is 4.90 Å². The summed E-state index contributed by atoms with van der Waals surface area (Å²) in [5, 5.41) is 32.9. The van der Waals surface area contributed by atoms with Crippen molar-refractivity contribution in [2.75, 3.05) is 33.1 Å². The van der Waals surface area contributed by atoms with Crippen molar-refractivity contribution < 1.29 is 29.7 Å². The van der Waals surface area contributed by atoms with E-state index in [2.05, 4.69) is 0 Å². The Morgan fingerprint density at radius 2 is 1.76 bits per heavy atom. The number of nitrogens with zero attached hydrogens (tertiary/aromatic N) is 2. The van der Waals surface area contributed by atoms with Crippen LogP contribution in [0.25, 0.3) is 0 Å². The lowest BCUT2D eigenvalue weighted by molar-refractivity contribution is -0.127. The second-order valence-electron chi connectivity index (χ2n) is 9.66. The molecule has 0 spiro atoms. The number of aromatic hydroxyl groups is 1. The van der Waals surface area contributed by atoms with E-state index < -0.39 is 58.4 Å². The van der Waals surface area contributed by atoms with E-state index in [1.54, 1.807) is 25.1 Å². The number of rotatable bonds is 4. The monoisotopic (exact) mass is 470 g/mol. The molecule has 0 fully saturated rings. The quantitative estimate of drug-likeness (QED) is 0.394. The van der Waals surface area contributed by atoms with Crippen LogP contribution < -0.4 is 16.4 Å². The fourth-order valence-electron chi connectivity index (χ4n) is 5.93. The van der Waals surface area contributed by atoms with Crippen molar-refractivity contribution in [1.29, 1.82) is 0 Å². The third-order valence-corrected chi connectivity index (χ3v) is 7.32. The number of primary amides is 1. The number of benzene rings is 1. The van der Waals surface area contributed by atoms with Gasteiger partial charge in [0.25, 0.3) is 5.91 Å². The average molecular weight is 471 g/mol. The lowest BCUT2D eigenvalue weighted by Gasteiger charge is -2.46. The Bertz CT molecular complexity index is 1180. The maximum absolute atomic E-state index is 13.7. The van der Waals surface area contributed by atoms with Gasteiger partial charge in [-0.15, -0.1) is 0 Å². The number of carbonyl (C=O) groups is 3. The third kappa shape index (κ3) is 3.20. The van der Waals surface area contributed by atoms with Crippen molar-refractivity contribution in [3.05, 3.63) is 45.4 Å². The molecule has 7 N–H and O–H groups in total. The first-order chi connectivity index (χ1) is 15.9. The van der Waals surface area contributed by atoms with Gasteiger partial charge in [0.2, 0.25) is 0 Å². The molecule has 0 radical (unpaired) electrons. The molecule has 1 aromatic carbocycles. The smallest absolute Gasteiger partial charge is 0.255 e. The summed E-state index contributed by atoms with van der Waals surface area (Å²) in [6.45, 7) is 0.0153. The van der Waals surface area contributed by atoms with Crippen molar-refractivity contribution >= 4 is 23.2 Å². The number of phenolic OH excluding ortho intramolecular Hbond substituents is 1. The topological polar surface area (TPSA) is 170 Å². The van der Waals surface area contributed by atoms with Crippen molar-refractivity contribution in [3.8, 4) is 5.75 Å². The van der Waals surface area contributed by atoms with Gasteiger partial charge in [-0.05, 0) is 50.4 Å². The molecule has 4 rings (SSSR count). The fraction of sp³-hybridized carbons (Fsp3) is 0.458. The van der Waals surface area contributed by atoms with Gasteiger partial charge in [0, 0.05) is 37.5 Å². The predicted molar refractivity (Wildman–Crippen MR) is 124 cm³/mol. The molecule has 4 atom stereocenters. The Morgan fingerprint density at radius 3 is 2.29 bits per heavy atom. The highest BCUT2D eigenvalue weighted by Crippen LogP contribution is 2.51. The Morgan fingerprint density at radius 1 is 1.12 bits per heavy atom. The second kappa shape index (κ2) is 8.14. The first-order valence-electron chi connectivity index (χ1n) is 11.1. The number of aliphatic hydroxyl groups excluding tert-OH is 2. The predicted octanol–water partition coefficient (Wildman–Crippen LogP) is 0.530. The molecule has 34 heavy (non-hydrogen) atoms. The minimum absolute atomic E-state index is 0.0153. The van der Waals surface area contributed by atoms with Crippen LogP contribution in [0.4, 0.5) is 5.69 Å². The van der Waals surface area contributed by atoms with Gasteiger partial charge in [0.15, 0.2) is 11.6 Å². The van der Waals surface area contributed by atoms with E-state index in [0.29, 0.717) is 24.0 Å². The van der Waals surface area contributed by atoms with Crippen LogP contribution in [-0.2, 0) is 22.6 Å². The van der Waals surface area contributed by atoms with Crippen LogP contribution in [-0.4, -0.2) is 71.9 Å². The van der Waals surface area contributed by atoms with E-state index in [0.717, 1.165) is 5.69 Å². The number of aliphatic hydroxyl groups is 2. The van der Waals surface area contributed by atoms with Crippen LogP contribution in [0, 0.1) is 17.8 Å². The van der Waals surface area contributed by atoms with Gasteiger partial charge in [0.05, 0.1) is 17.5 Å². The summed E-state index contributed by atoms with van der Waals surface area (Å²) < 4.78 is 0. The van der Waals surface area contributed by atoms with Crippen LogP contribution in [0.15, 0.2) is 28.7 Å². The zero-order chi connectivity index (χ0) is 25.2. The van der Waals surface area contributed by atoms with Crippen LogP contribution in [0.3, 0.4) is 0 Å². The van der Waals surface area contributed by atoms with E-state index in [9.17, 15) is 29.7 Å². The second-order valence-corrected chi connectivity index (χ2v) is 9.66. The molecule has 0 aromatic heterocycles. The van der Waals surface area contributed by atoms with Gasteiger partial charge < -0.3 is 31.7 Å². The minimum Gasteiger partial charge on any atom is -0.511 e. The Hall–Kier alpha value is -3.37. The average Bonchev–Trinajstić information content (AvgIpc) is 2.72. The molecular weight excluding hydrogens is 440 g/mol. The normalized spacial score (nSPS) is 26.4. The first-order valence-corrected chi connectivity index (χ1v) is 11.1. The first kappa shape index (κ1) is 23.8. The highest BCUT2D eigenvalue weighted by atomic mass is 16.3. The largest absolute Gasteiger partial charge is 0.511 e. The molecule has 0 aliphatic heterocycles. The Kier molecular flexibility index (Phi) is 5.69. The number of hydrogen-bond donors (Lipinski definition) is 5. The fourth-order valence-corrected chi connectivity index (χ4v) is 5.93. The number of allylic oxidation sites excluding steroid dienone is 2. The number of nitrogens with two attached hydrogens (primary N) is 2. The highest BCUT2D eigenvalue weighted by Gasteiger charge is 2.54.